The second kappa shape index (κ2) is 10.2. The maximum Gasteiger partial charge on any atom is 0.213 e. The third kappa shape index (κ3) is 6.15. The average Bonchev–Trinajstić information content (AvgIpc) is 3.09. The molecule has 158 valence electrons. The summed E-state index contributed by atoms with van der Waals surface area (Å²) in [4.78, 5) is 13.6. The molecule has 0 saturated heterocycles. The monoisotopic (exact) mass is 401 g/mol. The van der Waals surface area contributed by atoms with Crippen LogP contribution in [0, 0.1) is 0 Å². The van der Waals surface area contributed by atoms with Crippen LogP contribution in [0.5, 0.6) is 5.88 Å². The van der Waals surface area contributed by atoms with Gasteiger partial charge >= 0.3 is 0 Å². The van der Waals surface area contributed by atoms with Gasteiger partial charge in [0.2, 0.25) is 5.88 Å². The van der Waals surface area contributed by atoms with Crippen LogP contribution in [0.15, 0.2) is 23.3 Å². The van der Waals surface area contributed by atoms with E-state index in [9.17, 15) is 0 Å². The van der Waals surface area contributed by atoms with Crippen LogP contribution in [0.25, 0.3) is 0 Å². The summed E-state index contributed by atoms with van der Waals surface area (Å²) in [6.45, 7) is 8.58. The maximum absolute atomic E-state index is 5.59. The summed E-state index contributed by atoms with van der Waals surface area (Å²) in [7, 11) is 1.66. The number of ether oxygens (including phenoxy) is 2. The number of aliphatic imine (C=N–C) groups is 1. The highest BCUT2D eigenvalue weighted by Crippen LogP contribution is 2.14. The van der Waals surface area contributed by atoms with Crippen LogP contribution in [-0.2, 0) is 30.9 Å². The minimum absolute atomic E-state index is 0.113. The first-order valence-electron chi connectivity index (χ1n) is 10.1. The van der Waals surface area contributed by atoms with Gasteiger partial charge in [0.25, 0.3) is 0 Å². The number of hydrogen-bond donors (Lipinski definition) is 2. The number of fused-ring (bicyclic) bond motifs is 1. The second-order valence-corrected chi connectivity index (χ2v) is 7.31. The van der Waals surface area contributed by atoms with Gasteiger partial charge in [-0.1, -0.05) is 6.07 Å². The number of rotatable bonds is 8. The fourth-order valence-electron chi connectivity index (χ4n) is 3.17. The van der Waals surface area contributed by atoms with Crippen molar-refractivity contribution in [3.8, 4) is 5.88 Å². The Labute approximate surface area is 171 Å². The molecule has 0 spiro atoms. The van der Waals surface area contributed by atoms with Crippen LogP contribution in [-0.4, -0.2) is 51.5 Å². The molecule has 2 aromatic rings. The number of methoxy groups -OCH3 is 1. The molecule has 2 aromatic heterocycles. The fraction of sp³-hybridized carbons (Fsp3) is 0.600. The Hall–Kier alpha value is -2.68. The Morgan fingerprint density at radius 1 is 1.38 bits per heavy atom. The van der Waals surface area contributed by atoms with Crippen molar-refractivity contribution in [1.29, 1.82) is 0 Å². The van der Waals surface area contributed by atoms with Crippen LogP contribution < -0.4 is 15.4 Å². The number of guanidine groups is 1. The summed E-state index contributed by atoms with van der Waals surface area (Å²) in [5.41, 5.74) is 1.03. The van der Waals surface area contributed by atoms with Gasteiger partial charge in [-0.15, -0.1) is 0 Å². The molecule has 9 nitrogen and oxygen atoms in total. The zero-order valence-electron chi connectivity index (χ0n) is 17.7. The highest BCUT2D eigenvalue weighted by molar-refractivity contribution is 5.80. The lowest BCUT2D eigenvalue weighted by Gasteiger charge is -2.25. The predicted octanol–water partition coefficient (Wildman–Crippen LogP) is 1.68. The number of aromatic nitrogens is 4. The summed E-state index contributed by atoms with van der Waals surface area (Å²) in [5.74, 6) is 3.19. The first kappa shape index (κ1) is 21.0. The molecule has 1 aliphatic heterocycles. The third-order valence-electron chi connectivity index (χ3n) is 4.43. The van der Waals surface area contributed by atoms with Gasteiger partial charge in [-0.25, -0.2) is 19.6 Å². The van der Waals surface area contributed by atoms with Gasteiger partial charge in [0, 0.05) is 38.4 Å². The van der Waals surface area contributed by atoms with E-state index < -0.39 is 0 Å². The van der Waals surface area contributed by atoms with E-state index in [1.165, 1.54) is 0 Å². The zero-order chi connectivity index (χ0) is 20.6. The minimum Gasteiger partial charge on any atom is -0.475 e. The predicted molar refractivity (Wildman–Crippen MR) is 111 cm³/mol. The quantitative estimate of drug-likeness (QED) is 0.513. The highest BCUT2D eigenvalue weighted by atomic mass is 16.5. The smallest absolute Gasteiger partial charge is 0.213 e. The Bertz CT molecular complexity index is 802. The van der Waals surface area contributed by atoms with Crippen molar-refractivity contribution in [2.75, 3.05) is 13.7 Å². The van der Waals surface area contributed by atoms with Crippen LogP contribution in [0.4, 0.5) is 0 Å². The van der Waals surface area contributed by atoms with Gasteiger partial charge in [0.1, 0.15) is 12.4 Å². The molecule has 1 aliphatic rings. The topological polar surface area (TPSA) is 98.5 Å². The first-order chi connectivity index (χ1) is 14.1. The van der Waals surface area contributed by atoms with Crippen LogP contribution in [0.3, 0.4) is 0 Å². The van der Waals surface area contributed by atoms with E-state index in [1.54, 1.807) is 7.11 Å². The molecule has 3 heterocycles. The van der Waals surface area contributed by atoms with E-state index >= 15 is 0 Å². The second-order valence-electron chi connectivity index (χ2n) is 7.31. The molecule has 0 aromatic carbocycles. The molecule has 0 amide bonds. The minimum atomic E-state index is 0.113. The molecule has 3 rings (SSSR count). The third-order valence-corrected chi connectivity index (χ3v) is 4.43. The van der Waals surface area contributed by atoms with E-state index in [-0.39, 0.29) is 12.1 Å². The summed E-state index contributed by atoms with van der Waals surface area (Å²) in [6.07, 6.45) is 3.79. The van der Waals surface area contributed by atoms with Gasteiger partial charge in [0.05, 0.1) is 19.2 Å². The molecule has 2 N–H and O–H groups in total. The molecule has 1 unspecified atom stereocenters. The summed E-state index contributed by atoms with van der Waals surface area (Å²) in [6, 6.07) is 4.13. The summed E-state index contributed by atoms with van der Waals surface area (Å²) < 4.78 is 12.7. The molecule has 0 fully saturated rings. The summed E-state index contributed by atoms with van der Waals surface area (Å²) >= 11 is 0. The van der Waals surface area contributed by atoms with Crippen molar-refractivity contribution >= 4 is 5.96 Å². The largest absolute Gasteiger partial charge is 0.475 e. The fourth-order valence-corrected chi connectivity index (χ4v) is 3.17. The molecular formula is C20H31N7O2. The normalized spacial score (nSPS) is 16.6. The standard InChI is InChI=1S/C20H31N7O2/c1-5-21-20(23-11-15-6-9-19(22-10-15)29-14(2)3)24-16-7-8-18-25-17(13-28-4)26-27(18)12-16/h6,9-10,14,16H,5,7-8,11-13H2,1-4H3,(H2,21,23,24). The summed E-state index contributed by atoms with van der Waals surface area (Å²) in [5, 5.41) is 11.4. The van der Waals surface area contributed by atoms with Gasteiger partial charge < -0.3 is 20.1 Å². The first-order valence-corrected chi connectivity index (χ1v) is 10.1. The van der Waals surface area contributed by atoms with Crippen molar-refractivity contribution in [3.05, 3.63) is 35.5 Å². The van der Waals surface area contributed by atoms with Gasteiger partial charge in [-0.05, 0) is 32.8 Å². The van der Waals surface area contributed by atoms with Gasteiger partial charge in [-0.2, -0.15) is 5.10 Å². The van der Waals surface area contributed by atoms with Crippen LogP contribution in [0.1, 0.15) is 44.4 Å². The zero-order valence-corrected chi connectivity index (χ0v) is 17.7. The van der Waals surface area contributed by atoms with Crippen LogP contribution >= 0.6 is 0 Å². The van der Waals surface area contributed by atoms with E-state index in [0.29, 0.717) is 19.0 Å². The highest BCUT2D eigenvalue weighted by Gasteiger charge is 2.22. The molecular weight excluding hydrogens is 370 g/mol. The van der Waals surface area contributed by atoms with Crippen molar-refractivity contribution in [3.63, 3.8) is 0 Å². The number of pyridine rings is 1. The van der Waals surface area contributed by atoms with E-state index in [2.05, 4.69) is 32.6 Å². The van der Waals surface area contributed by atoms with Crippen LogP contribution in [0.2, 0.25) is 0 Å². The van der Waals surface area contributed by atoms with E-state index in [4.69, 9.17) is 14.5 Å². The lowest BCUT2D eigenvalue weighted by atomic mass is 10.1. The van der Waals surface area contributed by atoms with Crippen molar-refractivity contribution < 1.29 is 9.47 Å². The van der Waals surface area contributed by atoms with E-state index in [1.807, 2.05) is 36.9 Å². The molecule has 29 heavy (non-hydrogen) atoms. The van der Waals surface area contributed by atoms with Gasteiger partial charge in [0.15, 0.2) is 11.8 Å². The lowest BCUT2D eigenvalue weighted by molar-refractivity contribution is 0.177. The van der Waals surface area contributed by atoms with Crippen molar-refractivity contribution in [2.24, 2.45) is 4.99 Å². The number of aryl methyl sites for hydroxylation is 1. The van der Waals surface area contributed by atoms with Gasteiger partial charge in [-0.3, -0.25) is 0 Å². The lowest BCUT2D eigenvalue weighted by Crippen LogP contribution is -2.47. The molecule has 0 bridgehead atoms. The Balaban J connectivity index is 1.59. The Morgan fingerprint density at radius 2 is 2.24 bits per heavy atom. The molecule has 0 radical (unpaired) electrons. The van der Waals surface area contributed by atoms with Crippen molar-refractivity contribution in [1.82, 2.24) is 30.4 Å². The SMILES string of the molecule is CCNC(=NCc1ccc(OC(C)C)nc1)NC1CCc2nc(COC)nn2C1. The molecule has 1 atom stereocenters. The number of nitrogens with one attached hydrogen (secondary N) is 2. The Morgan fingerprint density at radius 3 is 2.93 bits per heavy atom. The maximum atomic E-state index is 5.59. The molecule has 0 saturated carbocycles. The molecule has 9 heteroatoms. The number of nitrogens with zero attached hydrogens (tertiary/aromatic N) is 5. The average molecular weight is 402 g/mol. The molecule has 0 aliphatic carbocycles. The Kier molecular flexibility index (Phi) is 7.40. The van der Waals surface area contributed by atoms with E-state index in [0.717, 1.165) is 49.1 Å². The van der Waals surface area contributed by atoms with Crippen molar-refractivity contribution in [2.45, 2.75) is 65.5 Å². The number of hydrogen-bond acceptors (Lipinski definition) is 6.